The van der Waals surface area contributed by atoms with E-state index in [0.717, 1.165) is 18.5 Å². The van der Waals surface area contributed by atoms with Gasteiger partial charge in [0.1, 0.15) is 6.10 Å². The Morgan fingerprint density at radius 3 is 2.89 bits per heavy atom. The van der Waals surface area contributed by atoms with Crippen LogP contribution in [-0.4, -0.2) is 17.6 Å². The molecule has 1 N–H and O–H groups in total. The van der Waals surface area contributed by atoms with Gasteiger partial charge in [-0.15, -0.1) is 0 Å². The van der Waals surface area contributed by atoms with Crippen LogP contribution in [0.3, 0.4) is 0 Å². The van der Waals surface area contributed by atoms with Crippen LogP contribution in [0.1, 0.15) is 25.8 Å². The molecule has 1 aromatic rings. The lowest BCUT2D eigenvalue weighted by Gasteiger charge is -2.12. The number of hydrogen-bond acceptors (Lipinski definition) is 4. The minimum Gasteiger partial charge on any atom is -0.480 e. The number of hydrogen-bond donors (Lipinski definition) is 1. The van der Waals surface area contributed by atoms with E-state index < -0.39 is 4.92 Å². The minimum atomic E-state index is -0.436. The van der Waals surface area contributed by atoms with Crippen LogP contribution in [0.25, 0.3) is 0 Å². The fourth-order valence-electron chi connectivity index (χ4n) is 1.57. The molecule has 0 heterocycles. The number of rotatable bonds is 8. The predicted molar refractivity (Wildman–Crippen MR) is 75.4 cm³/mol. The van der Waals surface area contributed by atoms with E-state index in [-0.39, 0.29) is 17.5 Å². The standard InChI is InChI=1S/C14H20N2O3/c1-4-8-15-10-12-6-7-13(16(17)18)14(9-12)19-11(3)5-2/h5-7,9,11,15H,2,4,8,10H2,1,3H3. The molecule has 0 saturated heterocycles. The molecule has 0 aliphatic carbocycles. The van der Waals surface area contributed by atoms with Gasteiger partial charge in [0.2, 0.25) is 0 Å². The van der Waals surface area contributed by atoms with Gasteiger partial charge >= 0.3 is 5.69 Å². The van der Waals surface area contributed by atoms with E-state index in [9.17, 15) is 10.1 Å². The van der Waals surface area contributed by atoms with Crippen molar-refractivity contribution in [2.75, 3.05) is 6.54 Å². The Balaban J connectivity index is 2.90. The normalized spacial score (nSPS) is 11.9. The Morgan fingerprint density at radius 1 is 1.58 bits per heavy atom. The van der Waals surface area contributed by atoms with Gasteiger partial charge in [0, 0.05) is 12.6 Å². The SMILES string of the molecule is C=CC(C)Oc1cc(CNCCC)ccc1[N+](=O)[O-]. The first-order valence-corrected chi connectivity index (χ1v) is 6.35. The fourth-order valence-corrected chi connectivity index (χ4v) is 1.57. The van der Waals surface area contributed by atoms with Crippen LogP contribution in [0, 0.1) is 10.1 Å². The van der Waals surface area contributed by atoms with E-state index in [1.165, 1.54) is 6.07 Å². The molecule has 1 atom stereocenters. The molecule has 104 valence electrons. The molecule has 0 aliphatic heterocycles. The van der Waals surface area contributed by atoms with Crippen molar-refractivity contribution in [2.24, 2.45) is 0 Å². The first kappa shape index (κ1) is 15.2. The van der Waals surface area contributed by atoms with Crippen molar-refractivity contribution in [3.63, 3.8) is 0 Å². The monoisotopic (exact) mass is 264 g/mol. The molecular weight excluding hydrogens is 244 g/mol. The highest BCUT2D eigenvalue weighted by Crippen LogP contribution is 2.29. The predicted octanol–water partition coefficient (Wildman–Crippen LogP) is 3.05. The molecule has 0 radical (unpaired) electrons. The van der Waals surface area contributed by atoms with Gasteiger partial charge in [0.25, 0.3) is 0 Å². The molecule has 0 saturated carbocycles. The van der Waals surface area contributed by atoms with E-state index in [1.54, 1.807) is 25.1 Å². The maximum Gasteiger partial charge on any atom is 0.310 e. The van der Waals surface area contributed by atoms with Crippen LogP contribution in [0.15, 0.2) is 30.9 Å². The first-order chi connectivity index (χ1) is 9.08. The highest BCUT2D eigenvalue weighted by atomic mass is 16.6. The highest BCUT2D eigenvalue weighted by Gasteiger charge is 2.16. The van der Waals surface area contributed by atoms with E-state index >= 15 is 0 Å². The van der Waals surface area contributed by atoms with Crippen molar-refractivity contribution in [2.45, 2.75) is 32.9 Å². The summed E-state index contributed by atoms with van der Waals surface area (Å²) in [5.74, 6) is 0.285. The molecule has 0 bridgehead atoms. The van der Waals surface area contributed by atoms with Crippen LogP contribution in [0.5, 0.6) is 5.75 Å². The molecule has 0 aromatic heterocycles. The number of nitro groups is 1. The van der Waals surface area contributed by atoms with Crippen molar-refractivity contribution >= 4 is 5.69 Å². The third-order valence-electron chi connectivity index (χ3n) is 2.62. The van der Waals surface area contributed by atoms with Gasteiger partial charge in [0.05, 0.1) is 4.92 Å². The molecule has 0 aliphatic rings. The maximum absolute atomic E-state index is 10.9. The summed E-state index contributed by atoms with van der Waals surface area (Å²) in [5.41, 5.74) is 0.943. The zero-order chi connectivity index (χ0) is 14.3. The van der Waals surface area contributed by atoms with Gasteiger partial charge in [-0.05, 0) is 31.5 Å². The Labute approximate surface area is 113 Å². The van der Waals surface area contributed by atoms with Crippen molar-refractivity contribution in [1.82, 2.24) is 5.32 Å². The number of ether oxygens (including phenoxy) is 1. The zero-order valence-electron chi connectivity index (χ0n) is 11.4. The minimum absolute atomic E-state index is 0.0204. The molecule has 0 fully saturated rings. The van der Waals surface area contributed by atoms with Crippen LogP contribution >= 0.6 is 0 Å². The van der Waals surface area contributed by atoms with Crippen LogP contribution in [0.2, 0.25) is 0 Å². The largest absolute Gasteiger partial charge is 0.480 e. The molecule has 5 heteroatoms. The van der Waals surface area contributed by atoms with Crippen LogP contribution in [-0.2, 0) is 6.54 Å². The van der Waals surface area contributed by atoms with Crippen molar-refractivity contribution in [1.29, 1.82) is 0 Å². The maximum atomic E-state index is 10.9. The average Bonchev–Trinajstić information content (AvgIpc) is 2.38. The highest BCUT2D eigenvalue weighted by molar-refractivity contribution is 5.48. The van der Waals surface area contributed by atoms with Crippen molar-refractivity contribution in [3.8, 4) is 5.75 Å². The summed E-state index contributed by atoms with van der Waals surface area (Å²) in [6, 6.07) is 4.93. The molecule has 19 heavy (non-hydrogen) atoms. The van der Waals surface area contributed by atoms with Crippen molar-refractivity contribution < 1.29 is 9.66 Å². The van der Waals surface area contributed by atoms with Gasteiger partial charge < -0.3 is 10.1 Å². The first-order valence-electron chi connectivity index (χ1n) is 6.35. The third kappa shape index (κ3) is 4.71. The van der Waals surface area contributed by atoms with Gasteiger partial charge in [-0.25, -0.2) is 0 Å². The summed E-state index contributed by atoms with van der Waals surface area (Å²) in [6.07, 6.45) is 2.38. The lowest BCUT2D eigenvalue weighted by molar-refractivity contribution is -0.386. The smallest absolute Gasteiger partial charge is 0.310 e. The van der Waals surface area contributed by atoms with E-state index in [2.05, 4.69) is 18.8 Å². The van der Waals surface area contributed by atoms with Gasteiger partial charge in [-0.3, -0.25) is 10.1 Å². The number of benzene rings is 1. The lowest BCUT2D eigenvalue weighted by atomic mass is 10.2. The molecule has 1 unspecified atom stereocenters. The second-order valence-corrected chi connectivity index (χ2v) is 4.29. The number of nitrogens with one attached hydrogen (secondary N) is 1. The second-order valence-electron chi connectivity index (χ2n) is 4.29. The quantitative estimate of drug-likeness (QED) is 0.339. The number of nitrogens with zero attached hydrogens (tertiary/aromatic N) is 1. The van der Waals surface area contributed by atoms with E-state index in [0.29, 0.717) is 6.54 Å². The molecule has 0 amide bonds. The topological polar surface area (TPSA) is 64.4 Å². The van der Waals surface area contributed by atoms with Gasteiger partial charge in [0.15, 0.2) is 5.75 Å². The van der Waals surface area contributed by atoms with Gasteiger partial charge in [-0.1, -0.05) is 25.6 Å². The number of nitro benzene ring substituents is 1. The summed E-state index contributed by atoms with van der Waals surface area (Å²) in [5, 5.41) is 14.2. The lowest BCUT2D eigenvalue weighted by Crippen LogP contribution is -2.14. The van der Waals surface area contributed by atoms with Gasteiger partial charge in [-0.2, -0.15) is 0 Å². The molecular formula is C14H20N2O3. The Bertz CT molecular complexity index is 446. The summed E-state index contributed by atoms with van der Waals surface area (Å²) in [7, 11) is 0. The molecule has 1 aromatic carbocycles. The summed E-state index contributed by atoms with van der Waals surface area (Å²) < 4.78 is 5.52. The Hall–Kier alpha value is -1.88. The third-order valence-corrected chi connectivity index (χ3v) is 2.62. The summed E-state index contributed by atoms with van der Waals surface area (Å²) >= 11 is 0. The van der Waals surface area contributed by atoms with Crippen LogP contribution in [0.4, 0.5) is 5.69 Å². The Kier molecular flexibility index (Phi) is 6.02. The molecule has 0 spiro atoms. The van der Waals surface area contributed by atoms with E-state index in [4.69, 9.17) is 4.74 Å². The van der Waals surface area contributed by atoms with E-state index in [1.807, 2.05) is 0 Å². The van der Waals surface area contributed by atoms with Crippen molar-refractivity contribution in [3.05, 3.63) is 46.5 Å². The fraction of sp³-hybridized carbons (Fsp3) is 0.429. The average molecular weight is 264 g/mol. The Morgan fingerprint density at radius 2 is 2.32 bits per heavy atom. The second kappa shape index (κ2) is 7.53. The molecule has 5 nitrogen and oxygen atoms in total. The summed E-state index contributed by atoms with van der Waals surface area (Å²) in [4.78, 5) is 10.5. The van der Waals surface area contributed by atoms with Crippen LogP contribution < -0.4 is 10.1 Å². The summed E-state index contributed by atoms with van der Waals surface area (Å²) in [6.45, 7) is 9.07. The zero-order valence-corrected chi connectivity index (χ0v) is 11.4. The molecule has 1 rings (SSSR count).